The fraction of sp³-hybridized carbons (Fsp3) is 0.0833. The van der Waals surface area contributed by atoms with E-state index in [0.717, 1.165) is 17.8 Å². The largest absolute Gasteiger partial charge is 0.417 e. The Balaban J connectivity index is 2.44. The number of rotatable bonds is 2. The molecule has 0 spiro atoms. The summed E-state index contributed by atoms with van der Waals surface area (Å²) in [5.41, 5.74) is 4.74. The molecule has 0 radical (unpaired) electrons. The number of alkyl halides is 3. The Kier molecular flexibility index (Phi) is 4.05. The number of pyridine rings is 1. The molecule has 0 unspecified atom stereocenters. The molecule has 1 heterocycles. The van der Waals surface area contributed by atoms with Gasteiger partial charge in [0, 0.05) is 16.8 Å². The smallest absolute Gasteiger partial charge is 0.399 e. The molecular weight excluding hydrogens is 341 g/mol. The van der Waals surface area contributed by atoms with Gasteiger partial charge in [0.15, 0.2) is 0 Å². The van der Waals surface area contributed by atoms with E-state index in [1.54, 1.807) is 12.1 Å². The number of nitrogen functional groups attached to an aromatic ring is 1. The molecule has 0 aliphatic heterocycles. The molecule has 2 N–H and O–H groups in total. The Hall–Kier alpha value is -1.21. The molecule has 0 saturated heterocycles. The predicted molar refractivity (Wildman–Crippen MR) is 71.9 cm³/mol. The molecule has 0 saturated carbocycles. The van der Waals surface area contributed by atoms with Crippen molar-refractivity contribution in [3.8, 4) is 0 Å². The van der Waals surface area contributed by atoms with Crippen LogP contribution in [0.5, 0.6) is 0 Å². The van der Waals surface area contributed by atoms with Gasteiger partial charge < -0.3 is 5.73 Å². The standard InChI is InChI=1S/C12H8BrF3N2S/c13-9-2-1-5-18-11(9)19-10-4-3-7(17)6-8(10)12(14,15)16/h1-6H,17H2. The van der Waals surface area contributed by atoms with Crippen molar-refractivity contribution in [3.63, 3.8) is 0 Å². The molecule has 1 aromatic heterocycles. The number of hydrogen-bond donors (Lipinski definition) is 1. The summed E-state index contributed by atoms with van der Waals surface area (Å²) in [6, 6.07) is 7.14. The number of hydrogen-bond acceptors (Lipinski definition) is 3. The molecule has 1 aromatic carbocycles. The normalized spacial score (nSPS) is 11.6. The average molecular weight is 349 g/mol. The Morgan fingerprint density at radius 1 is 1.21 bits per heavy atom. The van der Waals surface area contributed by atoms with Gasteiger partial charge >= 0.3 is 6.18 Å². The van der Waals surface area contributed by atoms with Gasteiger partial charge in [0.1, 0.15) is 5.03 Å². The molecule has 100 valence electrons. The van der Waals surface area contributed by atoms with E-state index in [2.05, 4.69) is 20.9 Å². The van der Waals surface area contributed by atoms with E-state index < -0.39 is 11.7 Å². The van der Waals surface area contributed by atoms with Crippen LogP contribution >= 0.6 is 27.7 Å². The summed E-state index contributed by atoms with van der Waals surface area (Å²) in [5.74, 6) is 0. The molecule has 7 heteroatoms. The molecule has 2 nitrogen and oxygen atoms in total. The minimum atomic E-state index is -4.45. The Morgan fingerprint density at radius 3 is 2.58 bits per heavy atom. The van der Waals surface area contributed by atoms with Crippen LogP contribution in [0.1, 0.15) is 5.56 Å². The van der Waals surface area contributed by atoms with Gasteiger partial charge in [-0.2, -0.15) is 13.2 Å². The van der Waals surface area contributed by atoms with Crippen molar-refractivity contribution >= 4 is 33.4 Å². The minimum absolute atomic E-state index is 0.0705. The van der Waals surface area contributed by atoms with Crippen LogP contribution in [0.2, 0.25) is 0 Å². The Bertz CT molecular complexity index is 602. The Morgan fingerprint density at radius 2 is 1.95 bits per heavy atom. The lowest BCUT2D eigenvalue weighted by Gasteiger charge is -2.13. The molecule has 0 fully saturated rings. The lowest BCUT2D eigenvalue weighted by Crippen LogP contribution is -2.07. The van der Waals surface area contributed by atoms with Gasteiger partial charge in [-0.25, -0.2) is 4.98 Å². The Labute approximate surface area is 120 Å². The molecule has 0 amide bonds. The van der Waals surface area contributed by atoms with Crippen LogP contribution in [0.15, 0.2) is 50.9 Å². The zero-order chi connectivity index (χ0) is 14.0. The topological polar surface area (TPSA) is 38.9 Å². The summed E-state index contributed by atoms with van der Waals surface area (Å²) >= 11 is 4.20. The van der Waals surface area contributed by atoms with Gasteiger partial charge in [0.25, 0.3) is 0 Å². The van der Waals surface area contributed by atoms with Gasteiger partial charge in [-0.3, -0.25) is 0 Å². The van der Waals surface area contributed by atoms with Crippen molar-refractivity contribution in [1.82, 2.24) is 4.98 Å². The highest BCUT2D eigenvalue weighted by molar-refractivity contribution is 9.10. The van der Waals surface area contributed by atoms with Crippen molar-refractivity contribution in [2.24, 2.45) is 0 Å². The third-order valence-electron chi connectivity index (χ3n) is 2.24. The highest BCUT2D eigenvalue weighted by Gasteiger charge is 2.34. The van der Waals surface area contributed by atoms with Gasteiger partial charge in [-0.05, 0) is 46.3 Å². The van der Waals surface area contributed by atoms with Crippen molar-refractivity contribution in [3.05, 3.63) is 46.6 Å². The van der Waals surface area contributed by atoms with Crippen LogP contribution in [0.4, 0.5) is 18.9 Å². The van der Waals surface area contributed by atoms with Crippen LogP contribution in [0.25, 0.3) is 0 Å². The SMILES string of the molecule is Nc1ccc(Sc2ncccc2Br)c(C(F)(F)F)c1. The first-order valence-corrected chi connectivity index (χ1v) is 6.74. The van der Waals surface area contributed by atoms with Crippen LogP contribution < -0.4 is 5.73 Å². The van der Waals surface area contributed by atoms with Crippen LogP contribution in [0.3, 0.4) is 0 Å². The summed E-state index contributed by atoms with van der Waals surface area (Å²) in [6.07, 6.45) is -2.92. The number of halogens is 4. The van der Waals surface area contributed by atoms with E-state index in [1.165, 1.54) is 18.3 Å². The van der Waals surface area contributed by atoms with Gasteiger partial charge in [-0.1, -0.05) is 11.8 Å². The van der Waals surface area contributed by atoms with E-state index in [-0.39, 0.29) is 10.6 Å². The molecule has 2 rings (SSSR count). The predicted octanol–water partition coefficient (Wildman–Crippen LogP) is 4.60. The van der Waals surface area contributed by atoms with E-state index in [0.29, 0.717) is 9.50 Å². The van der Waals surface area contributed by atoms with Gasteiger partial charge in [-0.15, -0.1) is 0 Å². The van der Waals surface area contributed by atoms with Gasteiger partial charge in [0.2, 0.25) is 0 Å². The summed E-state index contributed by atoms with van der Waals surface area (Å²) in [4.78, 5) is 4.11. The quantitative estimate of drug-likeness (QED) is 0.806. The van der Waals surface area contributed by atoms with Crippen LogP contribution in [-0.2, 0) is 6.18 Å². The van der Waals surface area contributed by atoms with Gasteiger partial charge in [0.05, 0.1) is 10.0 Å². The maximum atomic E-state index is 12.9. The fourth-order valence-corrected chi connectivity index (χ4v) is 2.81. The van der Waals surface area contributed by atoms with Crippen LogP contribution in [-0.4, -0.2) is 4.98 Å². The number of anilines is 1. The second-order valence-corrected chi connectivity index (χ2v) is 5.53. The fourth-order valence-electron chi connectivity index (χ4n) is 1.41. The van der Waals surface area contributed by atoms with Crippen molar-refractivity contribution in [1.29, 1.82) is 0 Å². The monoisotopic (exact) mass is 348 g/mol. The first-order valence-electron chi connectivity index (χ1n) is 5.13. The third-order valence-corrected chi connectivity index (χ3v) is 4.24. The summed E-state index contributed by atoms with van der Waals surface area (Å²) in [5, 5.41) is 0.470. The summed E-state index contributed by atoms with van der Waals surface area (Å²) in [6.45, 7) is 0. The zero-order valence-electron chi connectivity index (χ0n) is 9.41. The highest BCUT2D eigenvalue weighted by Crippen LogP contribution is 2.41. The molecule has 0 atom stereocenters. The van der Waals surface area contributed by atoms with E-state index in [9.17, 15) is 13.2 Å². The van der Waals surface area contributed by atoms with Crippen LogP contribution in [0, 0.1) is 0 Å². The van der Waals surface area contributed by atoms with Crippen molar-refractivity contribution < 1.29 is 13.2 Å². The minimum Gasteiger partial charge on any atom is -0.399 e. The second kappa shape index (κ2) is 5.42. The molecule has 0 aliphatic carbocycles. The number of aromatic nitrogens is 1. The molecule has 2 aromatic rings. The first-order chi connectivity index (χ1) is 8.88. The van der Waals surface area contributed by atoms with E-state index >= 15 is 0 Å². The van der Waals surface area contributed by atoms with E-state index in [4.69, 9.17) is 5.73 Å². The highest BCUT2D eigenvalue weighted by atomic mass is 79.9. The summed E-state index contributed by atoms with van der Waals surface area (Å²) < 4.78 is 39.4. The number of nitrogens with zero attached hydrogens (tertiary/aromatic N) is 1. The molecule has 19 heavy (non-hydrogen) atoms. The van der Waals surface area contributed by atoms with Crippen molar-refractivity contribution in [2.75, 3.05) is 5.73 Å². The lowest BCUT2D eigenvalue weighted by molar-refractivity contribution is -0.139. The van der Waals surface area contributed by atoms with E-state index in [1.807, 2.05) is 0 Å². The number of nitrogens with two attached hydrogens (primary N) is 1. The molecular formula is C12H8BrF3N2S. The summed E-state index contributed by atoms with van der Waals surface area (Å²) in [7, 11) is 0. The molecule has 0 aliphatic rings. The molecule has 0 bridgehead atoms. The lowest BCUT2D eigenvalue weighted by atomic mass is 10.2. The average Bonchev–Trinajstić information content (AvgIpc) is 2.33. The second-order valence-electron chi connectivity index (χ2n) is 3.65. The maximum absolute atomic E-state index is 12.9. The zero-order valence-corrected chi connectivity index (χ0v) is 11.8. The third kappa shape index (κ3) is 3.42. The maximum Gasteiger partial charge on any atom is 0.417 e. The number of benzene rings is 1. The first kappa shape index (κ1) is 14.2. The van der Waals surface area contributed by atoms with Crippen molar-refractivity contribution in [2.45, 2.75) is 16.1 Å².